The first kappa shape index (κ1) is 31.2. The zero-order valence-electron chi connectivity index (χ0n) is 20.4. The highest BCUT2D eigenvalue weighted by molar-refractivity contribution is 6.53. The first-order valence-electron chi connectivity index (χ1n) is 11.5. The number of hydrogen-bond acceptors (Lipinski definition) is 3. The fraction of sp³-hybridized carbons (Fsp3) is 0.192. The van der Waals surface area contributed by atoms with E-state index in [1.165, 1.54) is 19.1 Å². The Bertz CT molecular complexity index is 1590. The van der Waals surface area contributed by atoms with Crippen LogP contribution in [-0.4, -0.2) is 28.5 Å². The van der Waals surface area contributed by atoms with Crippen molar-refractivity contribution in [3.05, 3.63) is 85.9 Å². The molecule has 4 rings (SSSR count). The van der Waals surface area contributed by atoms with Crippen molar-refractivity contribution in [2.45, 2.75) is 23.6 Å². The third-order valence-corrected chi connectivity index (χ3v) is 8.37. The molecule has 1 aliphatic rings. The van der Waals surface area contributed by atoms with Gasteiger partial charge in [-0.05, 0) is 54.4 Å². The van der Waals surface area contributed by atoms with E-state index < -0.39 is 63.3 Å². The first-order chi connectivity index (χ1) is 19.1. The summed E-state index contributed by atoms with van der Waals surface area (Å²) in [6.45, 7) is 1.51. The van der Waals surface area contributed by atoms with Crippen molar-refractivity contribution in [1.29, 1.82) is 0 Å². The van der Waals surface area contributed by atoms with Crippen molar-refractivity contribution in [3.8, 4) is 0 Å². The van der Waals surface area contributed by atoms with E-state index in [1.807, 2.05) is 5.32 Å². The molecule has 0 bridgehead atoms. The molecule has 41 heavy (non-hydrogen) atoms. The van der Waals surface area contributed by atoms with Crippen molar-refractivity contribution in [3.63, 3.8) is 0 Å². The van der Waals surface area contributed by atoms with Gasteiger partial charge in [0.15, 0.2) is 5.82 Å². The Balaban J connectivity index is 1.56. The molecule has 0 spiro atoms. The highest BCUT2D eigenvalue weighted by Gasteiger charge is 2.67. The van der Waals surface area contributed by atoms with Gasteiger partial charge in [-0.25, -0.2) is 8.78 Å². The molecular formula is C26H16Cl5F4N3O3. The van der Waals surface area contributed by atoms with Gasteiger partial charge in [-0.3, -0.25) is 14.4 Å². The molecule has 0 aromatic heterocycles. The molecule has 216 valence electrons. The van der Waals surface area contributed by atoms with Gasteiger partial charge < -0.3 is 16.0 Å². The van der Waals surface area contributed by atoms with Gasteiger partial charge in [-0.2, -0.15) is 8.78 Å². The van der Waals surface area contributed by atoms with Crippen LogP contribution in [0.1, 0.15) is 27.4 Å². The summed E-state index contributed by atoms with van der Waals surface area (Å²) in [4.78, 5) is 37.3. The number of anilines is 3. The maximum Gasteiger partial charge on any atom is 0.315 e. The summed E-state index contributed by atoms with van der Waals surface area (Å²) >= 11 is 31.1. The van der Waals surface area contributed by atoms with Gasteiger partial charge in [0, 0.05) is 11.6 Å². The molecule has 0 radical (unpaired) electrons. The first-order valence-corrected chi connectivity index (χ1v) is 13.3. The zero-order chi connectivity index (χ0) is 30.4. The summed E-state index contributed by atoms with van der Waals surface area (Å²) in [7, 11) is 0. The Labute approximate surface area is 255 Å². The Morgan fingerprint density at radius 3 is 2.22 bits per heavy atom. The Kier molecular flexibility index (Phi) is 9.01. The van der Waals surface area contributed by atoms with E-state index in [2.05, 4.69) is 5.32 Å². The molecule has 1 saturated carbocycles. The fourth-order valence-electron chi connectivity index (χ4n) is 4.13. The number of nitrogens with one attached hydrogen (secondary N) is 3. The third kappa shape index (κ3) is 6.36. The van der Waals surface area contributed by atoms with Crippen molar-refractivity contribution in [1.82, 2.24) is 0 Å². The molecule has 15 heteroatoms. The normalized spacial score (nSPS) is 17.2. The van der Waals surface area contributed by atoms with E-state index in [4.69, 9.17) is 58.0 Å². The van der Waals surface area contributed by atoms with Crippen LogP contribution in [0.25, 0.3) is 0 Å². The molecule has 6 nitrogen and oxygen atoms in total. The van der Waals surface area contributed by atoms with E-state index in [-0.39, 0.29) is 21.3 Å². The number of halogens is 9. The predicted octanol–water partition coefficient (Wildman–Crippen LogP) is 8.22. The van der Waals surface area contributed by atoms with Crippen LogP contribution in [0, 0.1) is 24.5 Å². The Hall–Kier alpha value is -2.76. The number of carbonyl (C=O) groups excluding carboxylic acids is 3. The van der Waals surface area contributed by atoms with Crippen LogP contribution in [0.2, 0.25) is 15.1 Å². The SMILES string of the molecule is Cc1cc(NC(=O)[C@H]2[C@H](c3ccc(Cl)c(Cl)c3)C2(Cl)Cl)cc(C(=O)Nc2c(F)ccc(NC(=O)C(F)F)c2F)c1Cl. The number of rotatable bonds is 7. The van der Waals surface area contributed by atoms with Gasteiger partial charge in [-0.1, -0.05) is 40.9 Å². The maximum absolute atomic E-state index is 14.8. The molecule has 3 N–H and O–H groups in total. The molecule has 3 amide bonds. The second-order valence-corrected chi connectivity index (χ2v) is 11.6. The van der Waals surface area contributed by atoms with Crippen molar-refractivity contribution >= 4 is 92.8 Å². The molecule has 0 saturated heterocycles. The standard InChI is InChI=1S/C26H16Cl5F4N3O3/c1-9-6-11(36-24(40)18-17(26(18,30)31)10-2-3-13(27)14(28)7-10)8-12(19(9)29)23(39)38-21-15(32)4-5-16(20(21)33)37-25(41)22(34)35/h2-8,17-18,22H,1H3,(H,36,40)(H,37,41)(H,38,39)/t17-,18+/m0/s1. The highest BCUT2D eigenvalue weighted by atomic mass is 35.5. The van der Waals surface area contributed by atoms with Gasteiger partial charge in [0.05, 0.1) is 32.2 Å². The largest absolute Gasteiger partial charge is 0.326 e. The molecule has 1 aliphatic carbocycles. The quantitative estimate of drug-likeness (QED) is 0.175. The van der Waals surface area contributed by atoms with Crippen LogP contribution in [0.5, 0.6) is 0 Å². The lowest BCUT2D eigenvalue weighted by atomic mass is 10.1. The maximum atomic E-state index is 14.8. The molecule has 3 aromatic carbocycles. The van der Waals surface area contributed by atoms with Gasteiger partial charge in [0.2, 0.25) is 5.91 Å². The summed E-state index contributed by atoms with van der Waals surface area (Å²) in [5.41, 5.74) is -1.13. The van der Waals surface area contributed by atoms with Crippen LogP contribution in [0.3, 0.4) is 0 Å². The fourth-order valence-corrected chi connectivity index (χ4v) is 5.46. The van der Waals surface area contributed by atoms with Gasteiger partial charge in [0.25, 0.3) is 11.8 Å². The molecule has 2 atom stereocenters. The second kappa shape index (κ2) is 11.9. The van der Waals surface area contributed by atoms with Crippen LogP contribution in [0.15, 0.2) is 42.5 Å². The average molecular weight is 672 g/mol. The summed E-state index contributed by atoms with van der Waals surface area (Å²) in [6.07, 6.45) is -3.46. The minimum atomic E-state index is -3.46. The Morgan fingerprint density at radius 2 is 1.59 bits per heavy atom. The summed E-state index contributed by atoms with van der Waals surface area (Å²) < 4.78 is 52.8. The Morgan fingerprint density at radius 1 is 0.902 bits per heavy atom. The monoisotopic (exact) mass is 669 g/mol. The van der Waals surface area contributed by atoms with E-state index >= 15 is 0 Å². The number of aryl methyl sites for hydroxylation is 1. The second-order valence-electron chi connectivity index (χ2n) is 8.98. The summed E-state index contributed by atoms with van der Waals surface area (Å²) in [5, 5.41) is 6.63. The highest BCUT2D eigenvalue weighted by Crippen LogP contribution is 2.65. The van der Waals surface area contributed by atoms with Crippen molar-refractivity contribution in [2.24, 2.45) is 5.92 Å². The molecule has 0 unspecified atom stereocenters. The predicted molar refractivity (Wildman–Crippen MR) is 151 cm³/mol. The van der Waals surface area contributed by atoms with Gasteiger partial charge in [0.1, 0.15) is 15.8 Å². The van der Waals surface area contributed by atoms with Crippen LogP contribution in [0.4, 0.5) is 34.6 Å². The molecule has 0 aliphatic heterocycles. The lowest BCUT2D eigenvalue weighted by molar-refractivity contribution is -0.126. The third-order valence-electron chi connectivity index (χ3n) is 6.19. The number of hydrogen-bond donors (Lipinski definition) is 3. The van der Waals surface area contributed by atoms with Crippen LogP contribution in [-0.2, 0) is 9.59 Å². The number of alkyl halides is 4. The topological polar surface area (TPSA) is 87.3 Å². The molecular weight excluding hydrogens is 656 g/mol. The van der Waals surface area contributed by atoms with Gasteiger partial charge in [-0.15, -0.1) is 23.2 Å². The zero-order valence-corrected chi connectivity index (χ0v) is 24.2. The van der Waals surface area contributed by atoms with Crippen LogP contribution >= 0.6 is 58.0 Å². The van der Waals surface area contributed by atoms with E-state index in [0.29, 0.717) is 28.3 Å². The smallest absolute Gasteiger partial charge is 0.315 e. The van der Waals surface area contributed by atoms with Crippen molar-refractivity contribution in [2.75, 3.05) is 16.0 Å². The summed E-state index contributed by atoms with van der Waals surface area (Å²) in [6, 6.07) is 8.69. The van der Waals surface area contributed by atoms with E-state index in [0.717, 1.165) is 6.07 Å². The lowest BCUT2D eigenvalue weighted by Crippen LogP contribution is -2.22. The number of carbonyl (C=O) groups is 3. The van der Waals surface area contributed by atoms with Gasteiger partial charge >= 0.3 is 6.43 Å². The summed E-state index contributed by atoms with van der Waals surface area (Å²) in [5.74, 6) is -7.83. The minimum Gasteiger partial charge on any atom is -0.326 e. The van der Waals surface area contributed by atoms with Crippen LogP contribution < -0.4 is 16.0 Å². The minimum absolute atomic E-state index is 0.0878. The number of benzene rings is 3. The molecule has 1 fully saturated rings. The van der Waals surface area contributed by atoms with E-state index in [9.17, 15) is 31.9 Å². The molecule has 3 aromatic rings. The van der Waals surface area contributed by atoms with Crippen molar-refractivity contribution < 1.29 is 31.9 Å². The van der Waals surface area contributed by atoms with E-state index in [1.54, 1.807) is 17.4 Å². The number of amides is 3. The average Bonchev–Trinajstić information content (AvgIpc) is 3.48. The lowest BCUT2D eigenvalue weighted by Gasteiger charge is -2.14. The molecule has 0 heterocycles.